The molecule has 24 heavy (non-hydrogen) atoms. The van der Waals surface area contributed by atoms with Crippen LogP contribution in [-0.2, 0) is 6.42 Å². The fourth-order valence-corrected chi connectivity index (χ4v) is 2.97. The third kappa shape index (κ3) is 7.87. The highest BCUT2D eigenvalue weighted by molar-refractivity contribution is 5.43. The van der Waals surface area contributed by atoms with Crippen LogP contribution < -0.4 is 52.4 Å². The zero-order valence-corrected chi connectivity index (χ0v) is 20.9. The van der Waals surface area contributed by atoms with Gasteiger partial charge in [-0.3, -0.25) is 4.48 Å². The number of hydrogen-bond acceptors (Lipinski definition) is 0. The van der Waals surface area contributed by atoms with E-state index in [1.807, 2.05) is 0 Å². The summed E-state index contributed by atoms with van der Waals surface area (Å²) in [6, 6.07) is 9.34. The Balaban J connectivity index is 0. The summed E-state index contributed by atoms with van der Waals surface area (Å²) in [7, 11) is 4.70. The van der Waals surface area contributed by atoms with Gasteiger partial charge in [-0.1, -0.05) is 12.1 Å². The fourth-order valence-electron chi connectivity index (χ4n) is 2.97. The first kappa shape index (κ1) is 26.8. The van der Waals surface area contributed by atoms with E-state index in [0.717, 1.165) is 17.6 Å². The minimum atomic E-state index is 0. The highest BCUT2D eigenvalue weighted by atomic mass is 127. The summed E-state index contributed by atoms with van der Waals surface area (Å²) in [4.78, 5) is 0. The second kappa shape index (κ2) is 12.9. The van der Waals surface area contributed by atoms with E-state index >= 15 is 0 Å². The van der Waals surface area contributed by atoms with E-state index in [1.54, 1.807) is 0 Å². The Morgan fingerprint density at radius 1 is 0.708 bits per heavy atom. The summed E-state index contributed by atoms with van der Waals surface area (Å²) in [5, 5.41) is 0. The van der Waals surface area contributed by atoms with Gasteiger partial charge in [0.25, 0.3) is 0 Å². The summed E-state index contributed by atoms with van der Waals surface area (Å²) < 4.78 is 2.24. The van der Waals surface area contributed by atoms with Crippen molar-refractivity contribution in [2.24, 2.45) is 0 Å². The van der Waals surface area contributed by atoms with Crippen LogP contribution in [0.15, 0.2) is 24.3 Å². The lowest BCUT2D eigenvalue weighted by Gasteiger charge is -2.32. The second-order valence-electron chi connectivity index (χ2n) is 7.13. The topological polar surface area (TPSA) is 0 Å². The predicted octanol–water partition coefficient (Wildman–Crippen LogP) is -1.52. The van der Waals surface area contributed by atoms with Crippen molar-refractivity contribution in [3.63, 3.8) is 0 Å². The second-order valence-corrected chi connectivity index (χ2v) is 7.13. The normalized spacial score (nSPS) is 11.6. The molecule has 0 aliphatic rings. The van der Waals surface area contributed by atoms with Crippen molar-refractivity contribution in [1.82, 2.24) is 4.48 Å². The number of benzene rings is 1. The lowest BCUT2D eigenvalue weighted by Crippen LogP contribution is -3.00. The highest BCUT2D eigenvalue weighted by Gasteiger charge is 2.19. The van der Waals surface area contributed by atoms with Crippen LogP contribution in [0.5, 0.6) is 0 Å². The smallest absolute Gasteiger partial charge is 0.132 e. The summed E-state index contributed by atoms with van der Waals surface area (Å²) in [5.41, 5.74) is 2.93. The van der Waals surface area contributed by atoms with Crippen LogP contribution in [0.1, 0.15) is 46.1 Å². The first-order chi connectivity index (χ1) is 10.4. The Morgan fingerprint density at radius 3 is 1.62 bits per heavy atom. The van der Waals surface area contributed by atoms with Crippen LogP contribution in [0, 0.1) is 0 Å². The lowest BCUT2D eigenvalue weighted by atomic mass is 10.1. The summed E-state index contributed by atoms with van der Waals surface area (Å²) >= 11 is 0. The minimum Gasteiger partial charge on any atom is -1.00 e. The van der Waals surface area contributed by atoms with Crippen LogP contribution in [0.2, 0.25) is 0 Å². The molecule has 2 nitrogen and oxygen atoms in total. The molecule has 0 saturated carbocycles. The van der Waals surface area contributed by atoms with E-state index < -0.39 is 0 Å². The van der Waals surface area contributed by atoms with Crippen LogP contribution in [-0.4, -0.2) is 51.3 Å². The minimum absolute atomic E-state index is 0. The van der Waals surface area contributed by atoms with E-state index in [0.29, 0.717) is 0 Å². The molecule has 0 bridgehead atoms. The summed E-state index contributed by atoms with van der Waals surface area (Å²) in [5.74, 6) is 0. The van der Waals surface area contributed by atoms with Crippen molar-refractivity contribution in [1.29, 1.82) is 0 Å². The van der Waals surface area contributed by atoms with Gasteiger partial charge in [-0.2, -0.15) is 0 Å². The molecule has 142 valence electrons. The molecule has 0 amide bonds. The van der Waals surface area contributed by atoms with E-state index in [1.165, 1.54) is 54.6 Å². The van der Waals surface area contributed by atoms with Crippen LogP contribution >= 0.6 is 0 Å². The van der Waals surface area contributed by atoms with Crippen LogP contribution in [0.25, 0.3) is 0 Å². The Hall–Kier alpha value is 0.600. The Bertz CT molecular complexity index is 424. The largest absolute Gasteiger partial charge is 1.00 e. The number of unbranched alkanes of at least 4 members (excludes halogenated alkanes) is 1. The third-order valence-electron chi connectivity index (χ3n) is 5.90. The number of hydrogen-bond donors (Lipinski definition) is 0. The van der Waals surface area contributed by atoms with E-state index in [9.17, 15) is 0 Å². The molecule has 0 spiro atoms. The number of aryl methyl sites for hydroxylation is 1. The molecule has 0 saturated heterocycles. The van der Waals surface area contributed by atoms with Gasteiger partial charge in [-0.15, -0.1) is 0 Å². The number of halogens is 2. The molecular weight excluding hydrogens is 522 g/mol. The molecule has 0 N–H and O–H groups in total. The first-order valence-corrected chi connectivity index (χ1v) is 9.20. The van der Waals surface area contributed by atoms with Gasteiger partial charge in [0.1, 0.15) is 5.69 Å². The zero-order valence-electron chi connectivity index (χ0n) is 16.6. The summed E-state index contributed by atoms with van der Waals surface area (Å²) in [6.07, 6.45) is 3.86. The molecule has 0 atom stereocenters. The van der Waals surface area contributed by atoms with Gasteiger partial charge in [-0.25, -0.2) is 0 Å². The SMILES string of the molecule is CC[N+](C)(CC)CCCCc1ccc([N+](C)(CC)CC)cc1.[I-].[I-]. The number of nitrogens with zero attached hydrogens (tertiary/aromatic N) is 2. The molecule has 0 heterocycles. The van der Waals surface area contributed by atoms with Crippen molar-refractivity contribution < 1.29 is 52.4 Å². The van der Waals surface area contributed by atoms with Gasteiger partial charge < -0.3 is 52.4 Å². The summed E-state index contributed by atoms with van der Waals surface area (Å²) in [6.45, 7) is 15.3. The molecule has 4 heteroatoms. The molecule has 0 fully saturated rings. The zero-order chi connectivity index (χ0) is 16.6. The Morgan fingerprint density at radius 2 is 1.21 bits per heavy atom. The molecule has 0 radical (unpaired) electrons. The van der Waals surface area contributed by atoms with Crippen molar-refractivity contribution >= 4 is 5.69 Å². The highest BCUT2D eigenvalue weighted by Crippen LogP contribution is 2.21. The first-order valence-electron chi connectivity index (χ1n) is 9.20. The maximum atomic E-state index is 2.38. The lowest BCUT2D eigenvalue weighted by molar-refractivity contribution is -0.906. The maximum Gasteiger partial charge on any atom is 0.132 e. The molecule has 0 aliphatic carbocycles. The molecule has 1 rings (SSSR count). The third-order valence-corrected chi connectivity index (χ3v) is 5.90. The van der Waals surface area contributed by atoms with Crippen molar-refractivity contribution in [3.8, 4) is 0 Å². The number of rotatable bonds is 10. The van der Waals surface area contributed by atoms with Crippen molar-refractivity contribution in [3.05, 3.63) is 29.8 Å². The quantitative estimate of drug-likeness (QED) is 0.186. The van der Waals surface area contributed by atoms with Gasteiger partial charge in [0, 0.05) is 0 Å². The predicted molar refractivity (Wildman–Crippen MR) is 100 cm³/mol. The standard InChI is InChI=1S/C20H38N2.2HI/c1-7-21(5,8-2)18-12-11-13-19-14-16-20(17-15-19)22(6,9-3)10-4;;/h14-17H,7-13,18H2,1-6H3;2*1H/q+2;;/p-2. The van der Waals surface area contributed by atoms with E-state index in [-0.39, 0.29) is 48.0 Å². The van der Waals surface area contributed by atoms with Crippen LogP contribution in [0.3, 0.4) is 0 Å². The molecule has 1 aromatic rings. The maximum absolute atomic E-state index is 2.38. The van der Waals surface area contributed by atoms with Crippen molar-refractivity contribution in [2.75, 3.05) is 46.8 Å². The van der Waals surface area contributed by atoms with Gasteiger partial charge >= 0.3 is 0 Å². The van der Waals surface area contributed by atoms with Gasteiger partial charge in [-0.05, 0) is 64.7 Å². The monoisotopic (exact) mass is 560 g/mol. The molecule has 1 aromatic carbocycles. The average molecular weight is 560 g/mol. The van der Waals surface area contributed by atoms with Gasteiger partial charge in [0.15, 0.2) is 0 Å². The van der Waals surface area contributed by atoms with E-state index in [4.69, 9.17) is 0 Å². The Kier molecular flexibility index (Phi) is 14.4. The van der Waals surface area contributed by atoms with E-state index in [2.05, 4.69) is 66.1 Å². The molecular formula is C20H38I2N2. The average Bonchev–Trinajstić information content (AvgIpc) is 2.58. The van der Waals surface area contributed by atoms with Gasteiger partial charge in [0.2, 0.25) is 0 Å². The molecule has 0 aromatic heterocycles. The number of quaternary nitrogens is 2. The van der Waals surface area contributed by atoms with Gasteiger partial charge in [0.05, 0.1) is 46.8 Å². The molecule has 0 aliphatic heterocycles. The van der Waals surface area contributed by atoms with Crippen LogP contribution in [0.4, 0.5) is 5.69 Å². The Labute approximate surface area is 185 Å². The fraction of sp³-hybridized carbons (Fsp3) is 0.700. The molecule has 0 unspecified atom stereocenters. The van der Waals surface area contributed by atoms with Crippen molar-refractivity contribution in [2.45, 2.75) is 47.0 Å².